The van der Waals surface area contributed by atoms with Crippen molar-refractivity contribution in [3.8, 4) is 5.75 Å². The molecule has 0 aliphatic heterocycles. The highest BCUT2D eigenvalue weighted by molar-refractivity contribution is 9.11. The van der Waals surface area contributed by atoms with E-state index in [4.69, 9.17) is 4.74 Å². The lowest BCUT2D eigenvalue weighted by Gasteiger charge is -2.11. The number of likely N-dealkylation sites (N-methyl/N-ethyl adjacent to an activating group) is 1. The molecule has 1 heterocycles. The van der Waals surface area contributed by atoms with Crippen LogP contribution in [0.1, 0.15) is 0 Å². The predicted molar refractivity (Wildman–Crippen MR) is 76.6 cm³/mol. The molecule has 0 fully saturated rings. The molecule has 0 amide bonds. The van der Waals surface area contributed by atoms with Gasteiger partial charge in [0.25, 0.3) is 0 Å². The molecule has 1 N–H and O–H groups in total. The Hall–Kier alpha value is -0.650. The van der Waals surface area contributed by atoms with Crippen LogP contribution in [-0.4, -0.2) is 25.2 Å². The molecule has 0 radical (unpaired) electrons. The fourth-order valence-electron chi connectivity index (χ4n) is 1.54. The smallest absolute Gasteiger partial charge is 0.159 e. The van der Waals surface area contributed by atoms with E-state index in [9.17, 15) is 0 Å². The molecule has 3 nitrogen and oxygen atoms in total. The highest BCUT2D eigenvalue weighted by Gasteiger charge is 2.11. The summed E-state index contributed by atoms with van der Waals surface area (Å²) in [6, 6.07) is 5.92. The van der Waals surface area contributed by atoms with Gasteiger partial charge in [0.15, 0.2) is 5.75 Å². The number of rotatable bonds is 4. The quantitative estimate of drug-likeness (QED) is 0.850. The summed E-state index contributed by atoms with van der Waals surface area (Å²) in [6.07, 6.45) is 1.77. The largest absolute Gasteiger partial charge is 0.489 e. The molecule has 1 aromatic carbocycles. The van der Waals surface area contributed by atoms with Gasteiger partial charge in [0, 0.05) is 22.6 Å². The Morgan fingerprint density at radius 2 is 2.18 bits per heavy atom. The predicted octanol–water partition coefficient (Wildman–Crippen LogP) is 3.36. The van der Waals surface area contributed by atoms with Crippen LogP contribution in [0.2, 0.25) is 0 Å². The van der Waals surface area contributed by atoms with Crippen molar-refractivity contribution < 1.29 is 4.74 Å². The minimum atomic E-state index is 0.613. The van der Waals surface area contributed by atoms with Crippen molar-refractivity contribution in [2.24, 2.45) is 0 Å². The lowest BCUT2D eigenvalue weighted by atomic mass is 10.2. The number of nitrogens with one attached hydrogen (secondary N) is 1. The fraction of sp³-hybridized carbons (Fsp3) is 0.250. The molecular formula is C12H12Br2N2O. The zero-order chi connectivity index (χ0) is 12.3. The Morgan fingerprint density at radius 3 is 2.94 bits per heavy atom. The van der Waals surface area contributed by atoms with Crippen LogP contribution in [0, 0.1) is 0 Å². The first kappa shape index (κ1) is 12.8. The van der Waals surface area contributed by atoms with Crippen LogP contribution < -0.4 is 10.1 Å². The summed E-state index contributed by atoms with van der Waals surface area (Å²) < 4.78 is 7.67. The van der Waals surface area contributed by atoms with E-state index in [0.29, 0.717) is 6.61 Å². The van der Waals surface area contributed by atoms with Gasteiger partial charge in [0.1, 0.15) is 12.1 Å². The highest BCUT2D eigenvalue weighted by Crippen LogP contribution is 2.37. The maximum absolute atomic E-state index is 5.75. The SMILES string of the molecule is CNCCOc1c(Br)cc(Br)c2cccnc12. The Balaban J connectivity index is 2.46. The number of aromatic nitrogens is 1. The molecular weight excluding hydrogens is 348 g/mol. The summed E-state index contributed by atoms with van der Waals surface area (Å²) in [4.78, 5) is 4.38. The Morgan fingerprint density at radius 1 is 1.35 bits per heavy atom. The molecule has 0 bridgehead atoms. The molecule has 0 aliphatic carbocycles. The minimum Gasteiger partial charge on any atom is -0.489 e. The van der Waals surface area contributed by atoms with Crippen molar-refractivity contribution in [2.75, 3.05) is 20.2 Å². The maximum atomic E-state index is 5.75. The van der Waals surface area contributed by atoms with E-state index < -0.39 is 0 Å². The first-order chi connectivity index (χ1) is 8.24. The third kappa shape index (κ3) is 2.78. The molecule has 1 aromatic heterocycles. The molecule has 2 aromatic rings. The number of benzene rings is 1. The summed E-state index contributed by atoms with van der Waals surface area (Å²) in [6.45, 7) is 1.42. The van der Waals surface area contributed by atoms with Crippen molar-refractivity contribution in [1.29, 1.82) is 0 Å². The number of hydrogen-bond donors (Lipinski definition) is 1. The van der Waals surface area contributed by atoms with E-state index in [-0.39, 0.29) is 0 Å². The van der Waals surface area contributed by atoms with Crippen LogP contribution in [0.5, 0.6) is 5.75 Å². The molecule has 0 aliphatic rings. The molecule has 0 unspecified atom stereocenters. The molecule has 17 heavy (non-hydrogen) atoms. The van der Waals surface area contributed by atoms with E-state index in [1.54, 1.807) is 6.20 Å². The highest BCUT2D eigenvalue weighted by atomic mass is 79.9. The van der Waals surface area contributed by atoms with Crippen molar-refractivity contribution in [3.63, 3.8) is 0 Å². The van der Waals surface area contributed by atoms with Gasteiger partial charge in [-0.1, -0.05) is 22.0 Å². The normalized spacial score (nSPS) is 10.8. The number of pyridine rings is 1. The standard InChI is InChI=1S/C12H12Br2N2O/c1-15-5-6-17-12-10(14)7-9(13)8-3-2-4-16-11(8)12/h2-4,7,15H,5-6H2,1H3. The average Bonchev–Trinajstić information content (AvgIpc) is 2.33. The number of nitrogens with zero attached hydrogens (tertiary/aromatic N) is 1. The van der Waals surface area contributed by atoms with Crippen molar-refractivity contribution in [3.05, 3.63) is 33.3 Å². The summed E-state index contributed by atoms with van der Waals surface area (Å²) in [5.41, 5.74) is 0.866. The fourth-order valence-corrected chi connectivity index (χ4v) is 2.93. The average molecular weight is 360 g/mol. The third-order valence-electron chi connectivity index (χ3n) is 2.35. The zero-order valence-electron chi connectivity index (χ0n) is 9.34. The molecule has 0 atom stereocenters. The molecule has 0 spiro atoms. The van der Waals surface area contributed by atoms with Crippen LogP contribution >= 0.6 is 31.9 Å². The minimum absolute atomic E-state index is 0.613. The third-order valence-corrected chi connectivity index (χ3v) is 3.59. The van der Waals surface area contributed by atoms with Gasteiger partial charge in [-0.3, -0.25) is 4.98 Å². The molecule has 5 heteroatoms. The van der Waals surface area contributed by atoms with E-state index in [2.05, 4.69) is 42.2 Å². The number of hydrogen-bond acceptors (Lipinski definition) is 3. The van der Waals surface area contributed by atoms with Crippen LogP contribution in [0.4, 0.5) is 0 Å². The monoisotopic (exact) mass is 358 g/mol. The lowest BCUT2D eigenvalue weighted by Crippen LogP contribution is -2.16. The van der Waals surface area contributed by atoms with E-state index in [1.807, 2.05) is 25.2 Å². The van der Waals surface area contributed by atoms with Gasteiger partial charge in [-0.25, -0.2) is 0 Å². The molecule has 0 saturated carbocycles. The van der Waals surface area contributed by atoms with Crippen LogP contribution in [0.3, 0.4) is 0 Å². The van der Waals surface area contributed by atoms with Crippen molar-refractivity contribution >= 4 is 42.8 Å². The van der Waals surface area contributed by atoms with E-state index in [0.717, 1.165) is 32.1 Å². The van der Waals surface area contributed by atoms with Gasteiger partial charge in [-0.15, -0.1) is 0 Å². The van der Waals surface area contributed by atoms with Gasteiger partial charge in [-0.05, 0) is 35.1 Å². The first-order valence-electron chi connectivity index (χ1n) is 5.24. The zero-order valence-corrected chi connectivity index (χ0v) is 12.5. The summed E-state index contributed by atoms with van der Waals surface area (Å²) in [5, 5.41) is 4.10. The van der Waals surface area contributed by atoms with Crippen molar-refractivity contribution in [2.45, 2.75) is 0 Å². The second-order valence-corrected chi connectivity index (χ2v) is 5.23. The lowest BCUT2D eigenvalue weighted by molar-refractivity contribution is 0.319. The van der Waals surface area contributed by atoms with Gasteiger partial charge in [0.2, 0.25) is 0 Å². The van der Waals surface area contributed by atoms with Gasteiger partial charge < -0.3 is 10.1 Å². The molecule has 2 rings (SSSR count). The Kier molecular flexibility index (Phi) is 4.36. The summed E-state index contributed by atoms with van der Waals surface area (Å²) in [5.74, 6) is 0.791. The Labute approximate surface area is 117 Å². The summed E-state index contributed by atoms with van der Waals surface area (Å²) in [7, 11) is 1.90. The van der Waals surface area contributed by atoms with Gasteiger partial charge >= 0.3 is 0 Å². The van der Waals surface area contributed by atoms with Crippen LogP contribution in [0.25, 0.3) is 10.9 Å². The molecule has 90 valence electrons. The second-order valence-electron chi connectivity index (χ2n) is 3.52. The number of ether oxygens (including phenoxy) is 1. The second kappa shape index (κ2) is 5.80. The van der Waals surface area contributed by atoms with Crippen LogP contribution in [-0.2, 0) is 0 Å². The van der Waals surface area contributed by atoms with Gasteiger partial charge in [0.05, 0.1) is 4.47 Å². The number of fused-ring (bicyclic) bond motifs is 1. The summed E-state index contributed by atoms with van der Waals surface area (Å²) >= 11 is 7.03. The van der Waals surface area contributed by atoms with E-state index >= 15 is 0 Å². The van der Waals surface area contributed by atoms with E-state index in [1.165, 1.54) is 0 Å². The first-order valence-corrected chi connectivity index (χ1v) is 6.82. The van der Waals surface area contributed by atoms with Gasteiger partial charge in [-0.2, -0.15) is 0 Å². The maximum Gasteiger partial charge on any atom is 0.159 e. The van der Waals surface area contributed by atoms with Crippen molar-refractivity contribution in [1.82, 2.24) is 10.3 Å². The van der Waals surface area contributed by atoms with Crippen LogP contribution in [0.15, 0.2) is 33.3 Å². The number of halogens is 2. The topological polar surface area (TPSA) is 34.1 Å². The Bertz CT molecular complexity index is 531. The molecule has 0 saturated heterocycles.